The van der Waals surface area contributed by atoms with Gasteiger partial charge in [-0.1, -0.05) is 0 Å². The van der Waals surface area contributed by atoms with Crippen molar-refractivity contribution in [3.8, 4) is 0 Å². The molecule has 0 saturated carbocycles. The van der Waals surface area contributed by atoms with E-state index in [1.807, 2.05) is 6.92 Å². The number of hydrogen-bond acceptors (Lipinski definition) is 4. The molecule has 1 saturated heterocycles. The molecule has 1 fully saturated rings. The largest absolute Gasteiger partial charge is 0.381 e. The van der Waals surface area contributed by atoms with Crippen molar-refractivity contribution in [3.05, 3.63) is 0 Å². The van der Waals surface area contributed by atoms with E-state index < -0.39 is 0 Å². The predicted octanol–water partition coefficient (Wildman–Crippen LogP) is 1.18. The highest BCUT2D eigenvalue weighted by Crippen LogP contribution is 2.25. The number of amides is 1. The second-order valence-corrected chi connectivity index (χ2v) is 5.52. The highest BCUT2D eigenvalue weighted by Gasteiger charge is 2.34. The van der Waals surface area contributed by atoms with Gasteiger partial charge in [-0.3, -0.25) is 4.79 Å². The van der Waals surface area contributed by atoms with E-state index in [-0.39, 0.29) is 42.3 Å². The molecule has 0 aliphatic carbocycles. The first kappa shape index (κ1) is 22.2. The zero-order chi connectivity index (χ0) is 13.6. The smallest absolute Gasteiger partial charge is 0.220 e. The lowest BCUT2D eigenvalue weighted by atomic mass is 9.88. The third-order valence-corrected chi connectivity index (χ3v) is 3.81. The number of carbonyl (C=O) groups excluding carboxylic acids is 1. The van der Waals surface area contributed by atoms with E-state index in [9.17, 15) is 4.79 Å². The fourth-order valence-corrected chi connectivity index (χ4v) is 2.24. The summed E-state index contributed by atoms with van der Waals surface area (Å²) in [5, 5.41) is 3.04. The van der Waals surface area contributed by atoms with Crippen molar-refractivity contribution in [1.82, 2.24) is 10.2 Å². The second kappa shape index (κ2) is 10.6. The van der Waals surface area contributed by atoms with E-state index in [0.717, 1.165) is 32.5 Å². The number of nitrogens with one attached hydrogen (secondary N) is 1. The van der Waals surface area contributed by atoms with Crippen molar-refractivity contribution in [3.63, 3.8) is 0 Å². The maximum Gasteiger partial charge on any atom is 0.220 e. The lowest BCUT2D eigenvalue weighted by Crippen LogP contribution is -2.55. The van der Waals surface area contributed by atoms with Crippen LogP contribution in [0.3, 0.4) is 0 Å². The molecule has 1 amide bonds. The van der Waals surface area contributed by atoms with Gasteiger partial charge in [0.05, 0.1) is 0 Å². The third-order valence-electron chi connectivity index (χ3n) is 3.81. The van der Waals surface area contributed by atoms with Gasteiger partial charge >= 0.3 is 0 Å². The molecular weight excluding hydrogens is 301 g/mol. The molecule has 0 aromatic carbocycles. The minimum Gasteiger partial charge on any atom is -0.381 e. The van der Waals surface area contributed by atoms with Gasteiger partial charge in [-0.2, -0.15) is 0 Å². The first-order valence-corrected chi connectivity index (χ1v) is 6.74. The molecule has 3 N–H and O–H groups in total. The number of halogens is 2. The molecule has 1 aliphatic heterocycles. The van der Waals surface area contributed by atoms with Gasteiger partial charge in [-0.25, -0.2) is 0 Å². The summed E-state index contributed by atoms with van der Waals surface area (Å²) in [4.78, 5) is 13.9. The number of ether oxygens (including phenoxy) is 1. The molecule has 0 spiro atoms. The minimum absolute atomic E-state index is 0. The molecule has 20 heavy (non-hydrogen) atoms. The Bertz CT molecular complexity index is 270. The molecule has 7 heteroatoms. The van der Waals surface area contributed by atoms with Crippen LogP contribution in [0, 0.1) is 0 Å². The van der Waals surface area contributed by atoms with E-state index >= 15 is 0 Å². The first-order chi connectivity index (χ1) is 8.46. The van der Waals surface area contributed by atoms with E-state index in [2.05, 4.69) is 24.3 Å². The summed E-state index contributed by atoms with van der Waals surface area (Å²) in [5.41, 5.74) is 5.69. The lowest BCUT2D eigenvalue weighted by Gasteiger charge is -2.42. The van der Waals surface area contributed by atoms with Crippen LogP contribution in [0.2, 0.25) is 0 Å². The first-order valence-electron chi connectivity index (χ1n) is 6.74. The normalized spacial score (nSPS) is 18.6. The van der Waals surface area contributed by atoms with E-state index in [1.165, 1.54) is 0 Å². The number of nitrogens with two attached hydrogens (primary N) is 1. The quantitative estimate of drug-likeness (QED) is 0.768. The summed E-state index contributed by atoms with van der Waals surface area (Å²) >= 11 is 0. The van der Waals surface area contributed by atoms with E-state index in [1.54, 1.807) is 0 Å². The summed E-state index contributed by atoms with van der Waals surface area (Å²) in [5.74, 6) is 0.0972. The number of nitrogens with zero attached hydrogens (tertiary/aromatic N) is 1. The maximum atomic E-state index is 11.7. The molecule has 0 radical (unpaired) electrons. The number of rotatable bonds is 6. The summed E-state index contributed by atoms with van der Waals surface area (Å²) in [6.45, 7) is 4.16. The summed E-state index contributed by atoms with van der Waals surface area (Å²) < 4.78 is 5.40. The zero-order valence-corrected chi connectivity index (χ0v) is 14.3. The Morgan fingerprint density at radius 2 is 1.90 bits per heavy atom. The molecule has 1 heterocycles. The van der Waals surface area contributed by atoms with Crippen molar-refractivity contribution in [2.45, 2.75) is 44.2 Å². The van der Waals surface area contributed by atoms with E-state index in [4.69, 9.17) is 10.5 Å². The van der Waals surface area contributed by atoms with Gasteiger partial charge in [0.15, 0.2) is 0 Å². The number of hydrogen-bond donors (Lipinski definition) is 2. The Morgan fingerprint density at radius 1 is 1.35 bits per heavy atom. The van der Waals surface area contributed by atoms with Gasteiger partial charge < -0.3 is 20.7 Å². The van der Waals surface area contributed by atoms with Crippen LogP contribution in [0.25, 0.3) is 0 Å². The molecule has 1 rings (SSSR count). The van der Waals surface area contributed by atoms with Crippen LogP contribution in [0.1, 0.15) is 32.6 Å². The predicted molar refractivity (Wildman–Crippen MR) is 86.9 cm³/mol. The highest BCUT2D eigenvalue weighted by molar-refractivity contribution is 5.85. The summed E-state index contributed by atoms with van der Waals surface area (Å²) in [6, 6.07) is 0.0849. The zero-order valence-electron chi connectivity index (χ0n) is 12.7. The summed E-state index contributed by atoms with van der Waals surface area (Å²) in [7, 11) is 4.14. The van der Waals surface area contributed by atoms with Crippen LogP contribution < -0.4 is 11.1 Å². The molecule has 0 aromatic rings. The van der Waals surface area contributed by atoms with Crippen LogP contribution in [0.15, 0.2) is 0 Å². The minimum atomic E-state index is 0. The van der Waals surface area contributed by atoms with Crippen molar-refractivity contribution >= 4 is 30.7 Å². The van der Waals surface area contributed by atoms with Crippen molar-refractivity contribution in [1.29, 1.82) is 0 Å². The molecule has 122 valence electrons. The fourth-order valence-electron chi connectivity index (χ4n) is 2.24. The number of likely N-dealkylation sites (N-methyl/N-ethyl adjacent to an activating group) is 1. The maximum absolute atomic E-state index is 11.7. The molecule has 1 aliphatic rings. The van der Waals surface area contributed by atoms with E-state index in [0.29, 0.717) is 13.0 Å². The second-order valence-electron chi connectivity index (χ2n) is 5.52. The summed E-state index contributed by atoms with van der Waals surface area (Å²) in [6.07, 6.45) is 3.18. The Balaban J connectivity index is 0. The highest BCUT2D eigenvalue weighted by atomic mass is 35.5. The lowest BCUT2D eigenvalue weighted by molar-refractivity contribution is -0.122. The van der Waals surface area contributed by atoms with Gasteiger partial charge in [0.25, 0.3) is 0 Å². The van der Waals surface area contributed by atoms with Crippen molar-refractivity contribution in [2.75, 3.05) is 33.9 Å². The Hall–Kier alpha value is -0.0700. The van der Waals surface area contributed by atoms with Gasteiger partial charge in [-0.05, 0) is 40.3 Å². The fraction of sp³-hybridized carbons (Fsp3) is 0.923. The van der Waals surface area contributed by atoms with Crippen LogP contribution in [0.4, 0.5) is 0 Å². The van der Waals surface area contributed by atoms with Crippen molar-refractivity contribution in [2.24, 2.45) is 5.73 Å². The SMILES string of the molecule is CC(N)CCC(=O)NCC1(N(C)C)CCOCC1.Cl.Cl. The average Bonchev–Trinajstić information content (AvgIpc) is 2.34. The average molecular weight is 330 g/mol. The van der Waals surface area contributed by atoms with Gasteiger partial charge in [-0.15, -0.1) is 24.8 Å². The molecule has 1 atom stereocenters. The topological polar surface area (TPSA) is 67.6 Å². The molecule has 0 bridgehead atoms. The molecule has 0 aromatic heterocycles. The molecule has 5 nitrogen and oxygen atoms in total. The Labute approximate surface area is 134 Å². The molecular formula is C13H29Cl2N3O2. The van der Waals surface area contributed by atoms with Gasteiger partial charge in [0, 0.05) is 37.8 Å². The molecule has 1 unspecified atom stereocenters. The Morgan fingerprint density at radius 3 is 2.35 bits per heavy atom. The van der Waals surface area contributed by atoms with Gasteiger partial charge in [0.2, 0.25) is 5.91 Å². The standard InChI is InChI=1S/C13H27N3O2.2ClH/c1-11(14)4-5-12(17)15-10-13(16(2)3)6-8-18-9-7-13;;/h11H,4-10,14H2,1-3H3,(H,15,17);2*1H. The third kappa shape index (κ3) is 7.09. The van der Waals surface area contributed by atoms with Crippen LogP contribution in [-0.2, 0) is 9.53 Å². The monoisotopic (exact) mass is 329 g/mol. The number of carbonyl (C=O) groups is 1. The van der Waals surface area contributed by atoms with Crippen LogP contribution >= 0.6 is 24.8 Å². The van der Waals surface area contributed by atoms with Gasteiger partial charge in [0.1, 0.15) is 0 Å². The van der Waals surface area contributed by atoms with Crippen molar-refractivity contribution < 1.29 is 9.53 Å². The van der Waals surface area contributed by atoms with Crippen LogP contribution in [-0.4, -0.2) is 56.2 Å². The Kier molecular flexibility index (Phi) is 11.8. The van der Waals surface area contributed by atoms with Crippen LogP contribution in [0.5, 0.6) is 0 Å².